The zero-order valence-electron chi connectivity index (χ0n) is 5.43. The maximum Gasteiger partial charge on any atom is 0.146 e. The van der Waals surface area contributed by atoms with Gasteiger partial charge in [-0.1, -0.05) is 17.7 Å². The van der Waals surface area contributed by atoms with E-state index in [1.807, 2.05) is 0 Å². The highest BCUT2D eigenvalue weighted by molar-refractivity contribution is 6.42. The first-order valence-electron chi connectivity index (χ1n) is 2.94. The van der Waals surface area contributed by atoms with E-state index in [2.05, 4.69) is 0 Å². The van der Waals surface area contributed by atoms with Gasteiger partial charge in [-0.05, 0) is 12.2 Å². The zero-order valence-corrected chi connectivity index (χ0v) is 7.70. The average molecular weight is 211 g/mol. The van der Waals surface area contributed by atoms with Crippen molar-refractivity contribution < 1.29 is 4.79 Å². The molecule has 0 amide bonds. The number of carbonyl (C=O) groups is 1. The second kappa shape index (κ2) is 3.18. The van der Waals surface area contributed by atoms with Crippen LogP contribution in [0.5, 0.6) is 0 Å². The van der Waals surface area contributed by atoms with Gasteiger partial charge in [0, 0.05) is 5.03 Å². The topological polar surface area (TPSA) is 17.1 Å². The first-order valence-corrected chi connectivity index (χ1v) is 4.13. The molecular formula is C7H5Cl3O. The molecule has 0 fully saturated rings. The predicted molar refractivity (Wildman–Crippen MR) is 47.4 cm³/mol. The van der Waals surface area contributed by atoms with Gasteiger partial charge >= 0.3 is 0 Å². The fourth-order valence-corrected chi connectivity index (χ4v) is 1.37. The number of halogens is 3. The molecule has 1 aliphatic rings. The molecule has 0 aromatic carbocycles. The Morgan fingerprint density at radius 3 is 2.73 bits per heavy atom. The molecule has 4 heteroatoms. The lowest BCUT2D eigenvalue weighted by Gasteiger charge is -2.22. The van der Waals surface area contributed by atoms with Gasteiger partial charge in [-0.15, -0.1) is 23.2 Å². The largest absolute Gasteiger partial charge is 0.301 e. The summed E-state index contributed by atoms with van der Waals surface area (Å²) in [6.07, 6.45) is 5.18. The highest BCUT2D eigenvalue weighted by Gasteiger charge is 2.33. The quantitative estimate of drug-likeness (QED) is 0.481. The van der Waals surface area contributed by atoms with Crippen molar-refractivity contribution in [3.8, 4) is 0 Å². The third-order valence-electron chi connectivity index (χ3n) is 1.41. The van der Waals surface area contributed by atoms with Crippen LogP contribution in [0.2, 0.25) is 0 Å². The molecule has 2 atom stereocenters. The molecule has 0 bridgehead atoms. The fraction of sp³-hybridized carbons (Fsp3) is 0.286. The molecule has 0 saturated heterocycles. The molecule has 0 aromatic heterocycles. The number of hydrogen-bond acceptors (Lipinski definition) is 1. The summed E-state index contributed by atoms with van der Waals surface area (Å²) in [5.41, 5.74) is 0. The van der Waals surface area contributed by atoms with Gasteiger partial charge in [0.15, 0.2) is 0 Å². The molecule has 60 valence electrons. The van der Waals surface area contributed by atoms with Gasteiger partial charge in [0.1, 0.15) is 11.2 Å². The van der Waals surface area contributed by atoms with Crippen molar-refractivity contribution in [3.05, 3.63) is 23.3 Å². The molecule has 0 N–H and O–H groups in total. The molecule has 1 aliphatic carbocycles. The lowest BCUT2D eigenvalue weighted by molar-refractivity contribution is -0.108. The molecule has 0 aliphatic heterocycles. The maximum atomic E-state index is 10.5. The first kappa shape index (κ1) is 9.11. The van der Waals surface area contributed by atoms with Gasteiger partial charge in [0.25, 0.3) is 0 Å². The van der Waals surface area contributed by atoms with E-state index in [1.165, 1.54) is 12.2 Å². The molecule has 2 unspecified atom stereocenters. The molecular weight excluding hydrogens is 206 g/mol. The number of allylic oxidation sites excluding steroid dienone is 4. The van der Waals surface area contributed by atoms with Crippen molar-refractivity contribution in [2.45, 2.75) is 10.3 Å². The van der Waals surface area contributed by atoms with E-state index in [4.69, 9.17) is 34.8 Å². The van der Waals surface area contributed by atoms with Crippen LogP contribution in [0.1, 0.15) is 0 Å². The van der Waals surface area contributed by atoms with Gasteiger partial charge < -0.3 is 4.79 Å². The van der Waals surface area contributed by atoms with Gasteiger partial charge in [-0.25, -0.2) is 0 Å². The van der Waals surface area contributed by atoms with Crippen molar-refractivity contribution in [2.75, 3.05) is 0 Å². The van der Waals surface area contributed by atoms with Crippen LogP contribution in [0.25, 0.3) is 0 Å². The Balaban J connectivity index is 2.92. The zero-order chi connectivity index (χ0) is 8.48. The minimum absolute atomic E-state index is 0.503. The van der Waals surface area contributed by atoms with Crippen LogP contribution in [-0.2, 0) is 4.79 Å². The molecule has 0 spiro atoms. The summed E-state index contributed by atoms with van der Waals surface area (Å²) in [4.78, 5) is 9.33. The molecule has 0 saturated carbocycles. The Hall–Kier alpha value is 0.0200. The Morgan fingerprint density at radius 1 is 1.64 bits per heavy atom. The van der Waals surface area contributed by atoms with Crippen molar-refractivity contribution in [1.82, 2.24) is 0 Å². The van der Waals surface area contributed by atoms with E-state index in [0.29, 0.717) is 11.3 Å². The van der Waals surface area contributed by atoms with Crippen molar-refractivity contribution in [2.24, 2.45) is 0 Å². The summed E-state index contributed by atoms with van der Waals surface area (Å²) in [6, 6.07) is 0. The summed E-state index contributed by atoms with van der Waals surface area (Å²) in [5.74, 6) is 0. The van der Waals surface area contributed by atoms with Crippen LogP contribution >= 0.6 is 34.8 Å². The van der Waals surface area contributed by atoms with E-state index in [-0.39, 0.29) is 0 Å². The third kappa shape index (κ3) is 1.78. The average Bonchev–Trinajstić information content (AvgIpc) is 1.98. The van der Waals surface area contributed by atoms with Gasteiger partial charge in [-0.2, -0.15) is 0 Å². The number of carbonyl (C=O) groups excluding carboxylic acids is 1. The summed E-state index contributed by atoms with van der Waals surface area (Å²) >= 11 is 17.1. The minimum Gasteiger partial charge on any atom is -0.301 e. The molecule has 1 nitrogen and oxygen atoms in total. The number of alkyl halides is 2. The smallest absolute Gasteiger partial charge is 0.146 e. The van der Waals surface area contributed by atoms with Gasteiger partial charge in [0.2, 0.25) is 0 Å². The van der Waals surface area contributed by atoms with Crippen LogP contribution in [0.4, 0.5) is 0 Å². The molecule has 11 heavy (non-hydrogen) atoms. The monoisotopic (exact) mass is 210 g/mol. The van der Waals surface area contributed by atoms with Crippen LogP contribution in [-0.4, -0.2) is 16.5 Å². The van der Waals surface area contributed by atoms with Crippen molar-refractivity contribution >= 4 is 41.1 Å². The van der Waals surface area contributed by atoms with Crippen molar-refractivity contribution in [1.29, 1.82) is 0 Å². The number of hydrogen-bond donors (Lipinski definition) is 0. The van der Waals surface area contributed by atoms with Crippen LogP contribution in [0.15, 0.2) is 23.3 Å². The second-order valence-corrected chi connectivity index (χ2v) is 3.79. The first-order chi connectivity index (χ1) is 5.08. The second-order valence-electron chi connectivity index (χ2n) is 2.23. The van der Waals surface area contributed by atoms with Crippen LogP contribution in [0.3, 0.4) is 0 Å². The van der Waals surface area contributed by atoms with Crippen molar-refractivity contribution in [3.63, 3.8) is 0 Å². The van der Waals surface area contributed by atoms with Crippen LogP contribution < -0.4 is 0 Å². The minimum atomic E-state index is -1.13. The number of rotatable bonds is 1. The maximum absolute atomic E-state index is 10.5. The van der Waals surface area contributed by atoms with E-state index in [1.54, 1.807) is 6.08 Å². The van der Waals surface area contributed by atoms with E-state index in [9.17, 15) is 4.79 Å². The molecule has 0 aromatic rings. The standard InChI is InChI=1S/C7H5Cl3O/c8-5-1-2-7(10,4-11)6(9)3-5/h1-4,6H. The number of aldehydes is 1. The highest BCUT2D eigenvalue weighted by atomic mass is 35.5. The Morgan fingerprint density at radius 2 is 2.27 bits per heavy atom. The normalized spacial score (nSPS) is 36.6. The Labute approximate surface area is 79.6 Å². The summed E-state index contributed by atoms with van der Waals surface area (Å²) in [5, 5.41) is -0.0673. The van der Waals surface area contributed by atoms with E-state index >= 15 is 0 Å². The molecule has 0 radical (unpaired) electrons. The third-order valence-corrected chi connectivity index (χ3v) is 2.71. The summed E-state index contributed by atoms with van der Waals surface area (Å²) in [7, 11) is 0. The van der Waals surface area contributed by atoms with E-state index < -0.39 is 10.3 Å². The van der Waals surface area contributed by atoms with Gasteiger partial charge in [0.05, 0.1) is 5.38 Å². The molecule has 1 rings (SSSR count). The van der Waals surface area contributed by atoms with E-state index in [0.717, 1.165) is 0 Å². The molecule has 0 heterocycles. The Kier molecular flexibility index (Phi) is 2.63. The lowest BCUT2D eigenvalue weighted by Crippen LogP contribution is -2.32. The lowest BCUT2D eigenvalue weighted by atomic mass is 10.0. The summed E-state index contributed by atoms with van der Waals surface area (Å²) < 4.78 is 0. The van der Waals surface area contributed by atoms with Gasteiger partial charge in [-0.3, -0.25) is 0 Å². The highest BCUT2D eigenvalue weighted by Crippen LogP contribution is 2.31. The van der Waals surface area contributed by atoms with Crippen LogP contribution in [0, 0.1) is 0 Å². The summed E-state index contributed by atoms with van der Waals surface area (Å²) in [6.45, 7) is 0. The predicted octanol–water partition coefficient (Wildman–Crippen LogP) is 2.46. The SMILES string of the molecule is O=CC1(Cl)C=CC(Cl)=CC1Cl. The Bertz CT molecular complexity index is 234. The fourth-order valence-electron chi connectivity index (χ4n) is 0.727.